The van der Waals surface area contributed by atoms with Crippen LogP contribution in [0.2, 0.25) is 0 Å². The zero-order valence-electron chi connectivity index (χ0n) is 22.5. The molecule has 1 N–H and O–H groups in total. The lowest BCUT2D eigenvalue weighted by Crippen LogP contribution is -2.60. The Kier molecular flexibility index (Phi) is 6.89. The zero-order chi connectivity index (χ0) is 24.2. The molecule has 0 amide bonds. The van der Waals surface area contributed by atoms with Gasteiger partial charge in [-0.25, -0.2) is 0 Å². The summed E-state index contributed by atoms with van der Waals surface area (Å²) >= 11 is 0. The van der Waals surface area contributed by atoms with Crippen molar-refractivity contribution in [2.45, 2.75) is 131 Å². The Balaban J connectivity index is 1.53. The van der Waals surface area contributed by atoms with E-state index >= 15 is 0 Å². The summed E-state index contributed by atoms with van der Waals surface area (Å²) in [6, 6.07) is 0. The summed E-state index contributed by atoms with van der Waals surface area (Å²) in [5.41, 5.74) is 3.10. The molecule has 0 aromatic rings. The SMILES string of the molecule is CC(=O)O[C@@H]1CC[C@]2(C)[C@@H]3CC[C@@]4(C)C(=C3CC[C@@]2(O)C1)CC[C@H]4[C@H](C)CC[C@H](C)C(C)C. The van der Waals surface area contributed by atoms with Gasteiger partial charge in [-0.15, -0.1) is 0 Å². The van der Waals surface area contributed by atoms with Crippen LogP contribution in [-0.2, 0) is 9.53 Å². The molecule has 188 valence electrons. The molecule has 4 aliphatic carbocycles. The summed E-state index contributed by atoms with van der Waals surface area (Å²) in [7, 11) is 0. The van der Waals surface area contributed by atoms with Gasteiger partial charge < -0.3 is 9.84 Å². The second kappa shape index (κ2) is 8.99. The smallest absolute Gasteiger partial charge is 0.302 e. The van der Waals surface area contributed by atoms with Gasteiger partial charge in [-0.2, -0.15) is 0 Å². The number of fused-ring (bicyclic) bond motifs is 4. The Morgan fingerprint density at radius 3 is 2.42 bits per heavy atom. The molecular formula is C30H50O3. The minimum absolute atomic E-state index is 0.0814. The van der Waals surface area contributed by atoms with Gasteiger partial charge in [0.25, 0.3) is 0 Å². The lowest BCUT2D eigenvalue weighted by molar-refractivity contribution is -0.188. The number of allylic oxidation sites excluding steroid dienone is 2. The molecule has 0 aromatic carbocycles. The number of hydrogen-bond acceptors (Lipinski definition) is 3. The number of esters is 1. The van der Waals surface area contributed by atoms with Crippen LogP contribution < -0.4 is 0 Å². The average Bonchev–Trinajstić information content (AvgIpc) is 3.09. The fraction of sp³-hybridized carbons (Fsp3) is 0.900. The van der Waals surface area contributed by atoms with Crippen LogP contribution in [0.3, 0.4) is 0 Å². The van der Waals surface area contributed by atoms with Gasteiger partial charge in [0.2, 0.25) is 0 Å². The minimum atomic E-state index is -0.702. The van der Waals surface area contributed by atoms with E-state index in [2.05, 4.69) is 41.5 Å². The van der Waals surface area contributed by atoms with Crippen LogP contribution in [0.5, 0.6) is 0 Å². The topological polar surface area (TPSA) is 46.5 Å². The molecule has 3 fully saturated rings. The van der Waals surface area contributed by atoms with Gasteiger partial charge >= 0.3 is 5.97 Å². The molecule has 0 aliphatic heterocycles. The first kappa shape index (κ1) is 25.3. The second-order valence-corrected chi connectivity index (χ2v) is 13.4. The monoisotopic (exact) mass is 458 g/mol. The third kappa shape index (κ3) is 4.23. The molecule has 4 rings (SSSR count). The Bertz CT molecular complexity index is 783. The van der Waals surface area contributed by atoms with E-state index in [4.69, 9.17) is 4.74 Å². The largest absolute Gasteiger partial charge is 0.462 e. The van der Waals surface area contributed by atoms with Gasteiger partial charge in [0, 0.05) is 18.8 Å². The molecule has 33 heavy (non-hydrogen) atoms. The lowest BCUT2D eigenvalue weighted by atomic mass is 9.47. The van der Waals surface area contributed by atoms with Crippen molar-refractivity contribution in [3.05, 3.63) is 11.1 Å². The number of carbonyl (C=O) groups excluding carboxylic acids is 1. The van der Waals surface area contributed by atoms with Crippen molar-refractivity contribution < 1.29 is 14.6 Å². The molecule has 3 nitrogen and oxygen atoms in total. The predicted octanol–water partition coefficient (Wildman–Crippen LogP) is 7.46. The van der Waals surface area contributed by atoms with Crippen molar-refractivity contribution in [1.29, 1.82) is 0 Å². The van der Waals surface area contributed by atoms with Crippen molar-refractivity contribution >= 4 is 5.97 Å². The van der Waals surface area contributed by atoms with Crippen LogP contribution in [0.4, 0.5) is 0 Å². The second-order valence-electron chi connectivity index (χ2n) is 13.4. The highest BCUT2D eigenvalue weighted by Crippen LogP contribution is 2.67. The Hall–Kier alpha value is -0.830. The van der Waals surface area contributed by atoms with Crippen molar-refractivity contribution in [2.75, 3.05) is 0 Å². The number of rotatable bonds is 6. The normalized spacial score (nSPS) is 42.4. The molecule has 3 saturated carbocycles. The maximum atomic E-state index is 11.9. The summed E-state index contributed by atoms with van der Waals surface area (Å²) in [6.07, 6.45) is 12.1. The van der Waals surface area contributed by atoms with Crippen LogP contribution in [0.15, 0.2) is 11.1 Å². The minimum Gasteiger partial charge on any atom is -0.462 e. The van der Waals surface area contributed by atoms with Gasteiger partial charge in [0.1, 0.15) is 6.10 Å². The van der Waals surface area contributed by atoms with Gasteiger partial charge in [0.05, 0.1) is 5.60 Å². The van der Waals surface area contributed by atoms with E-state index in [0.29, 0.717) is 17.8 Å². The van der Waals surface area contributed by atoms with Crippen LogP contribution >= 0.6 is 0 Å². The maximum absolute atomic E-state index is 11.9. The first-order valence-corrected chi connectivity index (χ1v) is 14.0. The number of aliphatic hydroxyl groups is 1. The van der Waals surface area contributed by atoms with E-state index in [1.165, 1.54) is 45.4 Å². The molecule has 0 bridgehead atoms. The standard InChI is InChI=1S/C30H50O3/c1-19(2)20(3)8-9-21(4)25-10-11-26-24-13-17-30(32)18-23(33-22(5)31)12-16-29(30,7)27(24)14-15-28(25,26)6/h19-21,23,25,27,32H,8-18H2,1-7H3/t20-,21+,23+,25-,27+,28+,29+,30+/m0/s1. The molecule has 0 spiro atoms. The molecule has 0 aromatic heterocycles. The molecule has 0 radical (unpaired) electrons. The van der Waals surface area contributed by atoms with E-state index in [-0.39, 0.29) is 17.5 Å². The Morgan fingerprint density at radius 1 is 1.03 bits per heavy atom. The summed E-state index contributed by atoms with van der Waals surface area (Å²) in [4.78, 5) is 11.5. The Morgan fingerprint density at radius 2 is 1.76 bits per heavy atom. The van der Waals surface area contributed by atoms with Gasteiger partial charge in [-0.1, -0.05) is 65.5 Å². The molecule has 4 aliphatic rings. The summed E-state index contributed by atoms with van der Waals surface area (Å²) < 4.78 is 5.56. The van der Waals surface area contributed by atoms with E-state index in [1.54, 1.807) is 11.1 Å². The van der Waals surface area contributed by atoms with E-state index < -0.39 is 5.60 Å². The lowest BCUT2D eigenvalue weighted by Gasteiger charge is -2.60. The summed E-state index contributed by atoms with van der Waals surface area (Å²) in [5, 5.41) is 11.9. The van der Waals surface area contributed by atoms with Gasteiger partial charge in [-0.3, -0.25) is 4.79 Å². The van der Waals surface area contributed by atoms with Gasteiger partial charge in [0.15, 0.2) is 0 Å². The third-order valence-corrected chi connectivity index (χ3v) is 11.4. The molecule has 0 unspecified atom stereocenters. The van der Waals surface area contributed by atoms with Crippen LogP contribution in [0.1, 0.15) is 119 Å². The van der Waals surface area contributed by atoms with E-state index in [1.807, 2.05) is 0 Å². The first-order chi connectivity index (χ1) is 15.4. The van der Waals surface area contributed by atoms with Crippen molar-refractivity contribution in [3.8, 4) is 0 Å². The molecule has 0 saturated heterocycles. The van der Waals surface area contributed by atoms with E-state index in [9.17, 15) is 9.90 Å². The van der Waals surface area contributed by atoms with Crippen molar-refractivity contribution in [3.63, 3.8) is 0 Å². The molecule has 8 atom stereocenters. The molecule has 0 heterocycles. The highest BCUT2D eigenvalue weighted by atomic mass is 16.5. The first-order valence-electron chi connectivity index (χ1n) is 14.0. The van der Waals surface area contributed by atoms with Crippen LogP contribution in [0.25, 0.3) is 0 Å². The highest BCUT2D eigenvalue weighted by molar-refractivity contribution is 5.66. The summed E-state index contributed by atoms with van der Waals surface area (Å²) in [6.45, 7) is 16.1. The van der Waals surface area contributed by atoms with Crippen LogP contribution in [-0.4, -0.2) is 22.8 Å². The number of carbonyl (C=O) groups is 1. The maximum Gasteiger partial charge on any atom is 0.302 e. The Labute approximate surface area is 203 Å². The third-order valence-electron chi connectivity index (χ3n) is 11.4. The highest BCUT2D eigenvalue weighted by Gasteiger charge is 2.61. The summed E-state index contributed by atoms with van der Waals surface area (Å²) in [5.74, 6) is 3.49. The van der Waals surface area contributed by atoms with Crippen molar-refractivity contribution in [2.24, 2.45) is 40.4 Å². The average molecular weight is 459 g/mol. The zero-order valence-corrected chi connectivity index (χ0v) is 22.5. The predicted molar refractivity (Wildman–Crippen MR) is 135 cm³/mol. The van der Waals surface area contributed by atoms with Crippen LogP contribution in [0, 0.1) is 40.4 Å². The fourth-order valence-electron chi connectivity index (χ4n) is 8.79. The quantitative estimate of drug-likeness (QED) is 0.332. The molecular weight excluding hydrogens is 408 g/mol. The molecule has 3 heteroatoms. The number of ether oxygens (including phenoxy) is 1. The number of hydrogen-bond donors (Lipinski definition) is 1. The van der Waals surface area contributed by atoms with Gasteiger partial charge in [-0.05, 0) is 86.4 Å². The fourth-order valence-corrected chi connectivity index (χ4v) is 8.79. The van der Waals surface area contributed by atoms with E-state index in [0.717, 1.165) is 49.4 Å². The van der Waals surface area contributed by atoms with Crippen molar-refractivity contribution in [1.82, 2.24) is 0 Å².